The lowest BCUT2D eigenvalue weighted by molar-refractivity contribution is 0.487. The van der Waals surface area contributed by atoms with Gasteiger partial charge in [-0.2, -0.15) is 5.26 Å². The topological polar surface area (TPSA) is 71.7 Å². The highest BCUT2D eigenvalue weighted by atomic mass is 16.5. The van der Waals surface area contributed by atoms with Crippen LogP contribution in [0.5, 0.6) is 11.5 Å². The van der Waals surface area contributed by atoms with Gasteiger partial charge in [-0.15, -0.1) is 0 Å². The van der Waals surface area contributed by atoms with E-state index in [0.717, 1.165) is 88.3 Å². The summed E-state index contributed by atoms with van der Waals surface area (Å²) in [6.45, 7) is 0. The molecule has 10 aromatic carbocycles. The highest BCUT2D eigenvalue weighted by Gasteiger charge is 2.23. The van der Waals surface area contributed by atoms with Crippen LogP contribution in [-0.4, -0.2) is 15.0 Å². The lowest BCUT2D eigenvalue weighted by atomic mass is 9.88. The van der Waals surface area contributed by atoms with Crippen molar-refractivity contribution in [1.29, 1.82) is 5.26 Å². The molecule has 0 radical (unpaired) electrons. The Morgan fingerprint density at radius 1 is 0.328 bits per heavy atom. The van der Waals surface area contributed by atoms with E-state index >= 15 is 0 Å². The van der Waals surface area contributed by atoms with Crippen molar-refractivity contribution in [2.24, 2.45) is 0 Å². The normalized spacial score (nSPS) is 11.7. The SMILES string of the molecule is N#Cc1ccc2c3c(cccc13)Oc1cc(-c3ccc(-c4cc5c6ccccc6c(-c6nc(-c7ccccc7)nc(-c7ccccc7)n6)cc5c5ccccc45)cc3)ccc1-2. The van der Waals surface area contributed by atoms with E-state index in [1.807, 2.05) is 91.0 Å². The average Bonchev–Trinajstić information content (AvgIpc) is 3.34. The molecule has 1 aliphatic heterocycles. The van der Waals surface area contributed by atoms with Crippen LogP contribution in [0, 0.1) is 11.3 Å². The monoisotopic (exact) mass is 776 g/mol. The number of ether oxygens (including phenoxy) is 1. The van der Waals surface area contributed by atoms with Crippen molar-refractivity contribution in [1.82, 2.24) is 15.0 Å². The van der Waals surface area contributed by atoms with Crippen LogP contribution in [0.4, 0.5) is 0 Å². The Balaban J connectivity index is 0.979. The summed E-state index contributed by atoms with van der Waals surface area (Å²) in [7, 11) is 0. The van der Waals surface area contributed by atoms with Crippen molar-refractivity contribution in [3.63, 3.8) is 0 Å². The van der Waals surface area contributed by atoms with Gasteiger partial charge in [0.25, 0.3) is 0 Å². The quantitative estimate of drug-likeness (QED) is 0.163. The second-order valence-electron chi connectivity index (χ2n) is 15.4. The third kappa shape index (κ3) is 5.66. The summed E-state index contributed by atoms with van der Waals surface area (Å²) in [6, 6.07) is 69.5. The summed E-state index contributed by atoms with van der Waals surface area (Å²) in [5.41, 5.74) is 10.1. The number of benzene rings is 10. The fourth-order valence-electron chi connectivity index (χ4n) is 9.05. The van der Waals surface area contributed by atoms with E-state index in [1.165, 1.54) is 16.3 Å². The van der Waals surface area contributed by atoms with E-state index in [-0.39, 0.29) is 0 Å². The molecule has 0 aliphatic carbocycles. The zero-order valence-corrected chi connectivity index (χ0v) is 32.7. The largest absolute Gasteiger partial charge is 0.456 e. The van der Waals surface area contributed by atoms with Crippen LogP contribution in [0.25, 0.3) is 111 Å². The highest BCUT2D eigenvalue weighted by molar-refractivity contribution is 6.23. The second-order valence-corrected chi connectivity index (χ2v) is 15.4. The minimum atomic E-state index is 0.636. The summed E-state index contributed by atoms with van der Waals surface area (Å²) < 4.78 is 6.50. The number of fused-ring (bicyclic) bond motifs is 7. The first kappa shape index (κ1) is 34.6. The standard InChI is InChI=1S/C56H32N4O/c57-33-39-27-29-46-45-28-26-38(30-52(45)61-51-21-11-20-40(39)53(46)51)34-22-24-35(25-23-34)47-31-48-43-18-9-10-19-44(43)50(32-49(48)42-17-8-7-16-41(42)47)56-59-54(36-12-3-1-4-13-36)58-55(60-56)37-14-5-2-6-15-37/h1-32H. The van der Waals surface area contributed by atoms with Gasteiger partial charge in [-0.3, -0.25) is 0 Å². The Labute approximate surface area is 351 Å². The van der Waals surface area contributed by atoms with Crippen LogP contribution >= 0.6 is 0 Å². The third-order valence-electron chi connectivity index (χ3n) is 12.0. The molecule has 61 heavy (non-hydrogen) atoms. The van der Waals surface area contributed by atoms with Crippen LogP contribution in [0.1, 0.15) is 5.56 Å². The van der Waals surface area contributed by atoms with Gasteiger partial charge in [0.1, 0.15) is 11.5 Å². The Morgan fingerprint density at radius 2 is 0.852 bits per heavy atom. The maximum absolute atomic E-state index is 9.73. The Morgan fingerprint density at radius 3 is 1.51 bits per heavy atom. The predicted molar refractivity (Wildman–Crippen MR) is 247 cm³/mol. The first-order chi connectivity index (χ1) is 30.2. The number of aromatic nitrogens is 3. The van der Waals surface area contributed by atoms with Crippen LogP contribution in [0.15, 0.2) is 194 Å². The van der Waals surface area contributed by atoms with Gasteiger partial charge >= 0.3 is 0 Å². The average molecular weight is 777 g/mol. The number of hydrogen-bond acceptors (Lipinski definition) is 5. The molecule has 1 aliphatic rings. The molecule has 0 fully saturated rings. The van der Waals surface area contributed by atoms with Crippen molar-refractivity contribution in [2.75, 3.05) is 0 Å². The first-order valence-electron chi connectivity index (χ1n) is 20.3. The molecule has 0 saturated carbocycles. The molecule has 0 N–H and O–H groups in total. The molecule has 12 rings (SSSR count). The third-order valence-corrected chi connectivity index (χ3v) is 12.0. The maximum atomic E-state index is 9.73. The van der Waals surface area contributed by atoms with Gasteiger partial charge < -0.3 is 4.74 Å². The Kier molecular flexibility index (Phi) is 7.84. The molecule has 282 valence electrons. The highest BCUT2D eigenvalue weighted by Crippen LogP contribution is 2.48. The molecule has 11 aromatic rings. The van der Waals surface area contributed by atoms with E-state index in [9.17, 15) is 5.26 Å². The molecule has 5 nitrogen and oxygen atoms in total. The van der Waals surface area contributed by atoms with Crippen molar-refractivity contribution in [2.45, 2.75) is 0 Å². The molecule has 0 saturated heterocycles. The van der Waals surface area contributed by atoms with Gasteiger partial charge in [-0.05, 0) is 96.5 Å². The van der Waals surface area contributed by atoms with Crippen LogP contribution in [0.2, 0.25) is 0 Å². The Hall–Kier alpha value is -8.46. The summed E-state index contributed by atoms with van der Waals surface area (Å²) in [5.74, 6) is 3.49. The van der Waals surface area contributed by atoms with Crippen LogP contribution < -0.4 is 4.74 Å². The molecule has 0 amide bonds. The van der Waals surface area contributed by atoms with E-state index in [0.29, 0.717) is 23.0 Å². The zero-order valence-electron chi connectivity index (χ0n) is 32.7. The van der Waals surface area contributed by atoms with Gasteiger partial charge in [-0.1, -0.05) is 158 Å². The van der Waals surface area contributed by atoms with E-state index in [2.05, 4.69) is 109 Å². The predicted octanol–water partition coefficient (Wildman–Crippen LogP) is 14.5. The number of nitrogens with zero attached hydrogens (tertiary/aromatic N) is 4. The molecule has 2 heterocycles. The molecule has 5 heteroatoms. The van der Waals surface area contributed by atoms with Crippen LogP contribution in [0.3, 0.4) is 0 Å². The van der Waals surface area contributed by atoms with Gasteiger partial charge in [0.05, 0.1) is 11.6 Å². The molecule has 0 atom stereocenters. The number of hydrogen-bond donors (Lipinski definition) is 0. The minimum absolute atomic E-state index is 0.636. The summed E-state index contributed by atoms with van der Waals surface area (Å²) in [6.07, 6.45) is 0. The smallest absolute Gasteiger partial charge is 0.164 e. The molecule has 1 aromatic heterocycles. The zero-order chi connectivity index (χ0) is 40.4. The van der Waals surface area contributed by atoms with Crippen molar-refractivity contribution in [3.8, 4) is 85.1 Å². The van der Waals surface area contributed by atoms with Gasteiger partial charge in [-0.25, -0.2) is 15.0 Å². The number of nitriles is 1. The summed E-state index contributed by atoms with van der Waals surface area (Å²) in [4.78, 5) is 15.3. The van der Waals surface area contributed by atoms with E-state index < -0.39 is 0 Å². The van der Waals surface area contributed by atoms with Gasteiger partial charge in [0.15, 0.2) is 17.5 Å². The second kappa shape index (κ2) is 13.8. The molecular weight excluding hydrogens is 745 g/mol. The van der Waals surface area contributed by atoms with Gasteiger partial charge in [0.2, 0.25) is 0 Å². The fraction of sp³-hybridized carbons (Fsp3) is 0. The molecule has 0 bridgehead atoms. The Bertz CT molecular complexity index is 3560. The summed E-state index contributed by atoms with van der Waals surface area (Å²) in [5, 5.41) is 18.5. The molecule has 0 spiro atoms. The maximum Gasteiger partial charge on any atom is 0.164 e. The number of rotatable bonds is 5. The van der Waals surface area contributed by atoms with Crippen molar-refractivity contribution < 1.29 is 4.74 Å². The van der Waals surface area contributed by atoms with Crippen molar-refractivity contribution in [3.05, 3.63) is 200 Å². The lowest BCUT2D eigenvalue weighted by Crippen LogP contribution is -2.00. The molecular formula is C56H32N4O. The summed E-state index contributed by atoms with van der Waals surface area (Å²) >= 11 is 0. The molecule has 0 unspecified atom stereocenters. The van der Waals surface area contributed by atoms with E-state index in [1.54, 1.807) is 0 Å². The van der Waals surface area contributed by atoms with Crippen molar-refractivity contribution >= 4 is 43.1 Å². The van der Waals surface area contributed by atoms with E-state index in [4.69, 9.17) is 19.7 Å². The lowest BCUT2D eigenvalue weighted by Gasteiger charge is -2.22. The minimum Gasteiger partial charge on any atom is -0.456 e. The van der Waals surface area contributed by atoms with Gasteiger partial charge in [0, 0.05) is 33.0 Å². The first-order valence-corrected chi connectivity index (χ1v) is 20.3. The van der Waals surface area contributed by atoms with Crippen LogP contribution in [-0.2, 0) is 0 Å². The fourth-order valence-corrected chi connectivity index (χ4v) is 9.05.